The van der Waals surface area contributed by atoms with Crippen LogP contribution in [-0.4, -0.2) is 41.9 Å². The molecule has 0 bridgehead atoms. The van der Waals surface area contributed by atoms with Crippen LogP contribution in [0.5, 0.6) is 5.75 Å². The molecule has 0 saturated carbocycles. The van der Waals surface area contributed by atoms with Gasteiger partial charge >= 0.3 is 0 Å². The molecule has 2 aromatic carbocycles. The molecule has 0 aromatic heterocycles. The van der Waals surface area contributed by atoms with E-state index in [1.54, 1.807) is 4.90 Å². The molecule has 3 aliphatic heterocycles. The number of carbonyl (C=O) groups excluding carboxylic acids is 3. The summed E-state index contributed by atoms with van der Waals surface area (Å²) in [6, 6.07) is 13.4. The SMILES string of the molecule is O=C1CCC(N2Cc3c(ccc4c3OCCC(CCOCc3ccccc3)C4)C2=O)C(=O)N1. The first kappa shape index (κ1) is 21.6. The lowest BCUT2D eigenvalue weighted by molar-refractivity contribution is -0.136. The van der Waals surface area contributed by atoms with Gasteiger partial charge in [0, 0.05) is 24.2 Å². The summed E-state index contributed by atoms with van der Waals surface area (Å²) in [7, 11) is 0. The third-order valence-corrected chi connectivity index (χ3v) is 6.81. The van der Waals surface area contributed by atoms with Crippen LogP contribution in [0.15, 0.2) is 42.5 Å². The zero-order valence-corrected chi connectivity index (χ0v) is 18.5. The Kier molecular flexibility index (Phi) is 6.13. The number of imide groups is 1. The van der Waals surface area contributed by atoms with Crippen LogP contribution in [0.1, 0.15) is 52.7 Å². The van der Waals surface area contributed by atoms with Gasteiger partial charge in [0.2, 0.25) is 11.8 Å². The number of fused-ring (bicyclic) bond motifs is 3. The maximum Gasteiger partial charge on any atom is 0.255 e. The summed E-state index contributed by atoms with van der Waals surface area (Å²) in [6.45, 7) is 2.25. The van der Waals surface area contributed by atoms with Crippen molar-refractivity contribution in [3.63, 3.8) is 0 Å². The first-order valence-electron chi connectivity index (χ1n) is 11.6. The number of benzene rings is 2. The Hall–Kier alpha value is -3.19. The maximum atomic E-state index is 13.0. The number of amides is 3. The highest BCUT2D eigenvalue weighted by molar-refractivity contribution is 6.05. The molecule has 3 heterocycles. The Morgan fingerprint density at radius 1 is 1.06 bits per heavy atom. The molecule has 7 heteroatoms. The molecule has 7 nitrogen and oxygen atoms in total. The van der Waals surface area contributed by atoms with Crippen LogP contribution >= 0.6 is 0 Å². The fraction of sp³-hybridized carbons (Fsp3) is 0.423. The Morgan fingerprint density at radius 2 is 1.91 bits per heavy atom. The molecular weight excluding hydrogens is 420 g/mol. The standard InChI is InChI=1S/C26H28N2O5/c29-23-9-8-22(25(30)27-23)28-15-21-20(26(28)31)7-6-19-14-17(11-13-33-24(19)21)10-12-32-16-18-4-2-1-3-5-18/h1-7,17,22H,8-16H2,(H,27,29,30). The minimum absolute atomic E-state index is 0.166. The average Bonchev–Trinajstić information content (AvgIpc) is 3.00. The van der Waals surface area contributed by atoms with Crippen LogP contribution in [0.3, 0.4) is 0 Å². The third kappa shape index (κ3) is 4.50. The number of nitrogens with one attached hydrogen (secondary N) is 1. The summed E-state index contributed by atoms with van der Waals surface area (Å²) < 4.78 is 12.0. The molecule has 1 saturated heterocycles. The minimum Gasteiger partial charge on any atom is -0.493 e. The van der Waals surface area contributed by atoms with E-state index in [4.69, 9.17) is 9.47 Å². The van der Waals surface area contributed by atoms with Crippen molar-refractivity contribution < 1.29 is 23.9 Å². The third-order valence-electron chi connectivity index (χ3n) is 6.81. The van der Waals surface area contributed by atoms with Crippen molar-refractivity contribution >= 4 is 17.7 Å². The number of carbonyl (C=O) groups is 3. The van der Waals surface area contributed by atoms with Crippen LogP contribution in [0.2, 0.25) is 0 Å². The summed E-state index contributed by atoms with van der Waals surface area (Å²) in [5, 5.41) is 2.35. The van der Waals surface area contributed by atoms with Crippen molar-refractivity contribution in [1.29, 1.82) is 0 Å². The summed E-state index contributed by atoms with van der Waals surface area (Å²) in [5.74, 6) is 0.402. The highest BCUT2D eigenvalue weighted by Crippen LogP contribution is 2.39. The van der Waals surface area contributed by atoms with Crippen molar-refractivity contribution in [3.8, 4) is 5.75 Å². The highest BCUT2D eigenvalue weighted by atomic mass is 16.5. The van der Waals surface area contributed by atoms with Gasteiger partial charge in [0.25, 0.3) is 5.91 Å². The quantitative estimate of drug-likeness (QED) is 0.543. The molecule has 3 aliphatic rings. The lowest BCUT2D eigenvalue weighted by atomic mass is 9.92. The van der Waals surface area contributed by atoms with E-state index >= 15 is 0 Å². The van der Waals surface area contributed by atoms with Gasteiger partial charge in [-0.2, -0.15) is 0 Å². The Bertz CT molecular complexity index is 1070. The van der Waals surface area contributed by atoms with Crippen molar-refractivity contribution in [2.45, 2.75) is 51.3 Å². The zero-order chi connectivity index (χ0) is 22.8. The van der Waals surface area contributed by atoms with Crippen LogP contribution in [0.25, 0.3) is 0 Å². The second-order valence-corrected chi connectivity index (χ2v) is 9.01. The van der Waals surface area contributed by atoms with E-state index in [2.05, 4.69) is 17.4 Å². The highest BCUT2D eigenvalue weighted by Gasteiger charge is 2.41. The van der Waals surface area contributed by atoms with Crippen LogP contribution < -0.4 is 10.1 Å². The first-order chi connectivity index (χ1) is 16.1. The lowest BCUT2D eigenvalue weighted by Gasteiger charge is -2.29. The predicted octanol–water partition coefficient (Wildman–Crippen LogP) is 3.00. The van der Waals surface area contributed by atoms with Crippen molar-refractivity contribution in [3.05, 3.63) is 64.7 Å². The second kappa shape index (κ2) is 9.35. The molecule has 2 atom stereocenters. The normalized spacial score (nSPS) is 22.3. The number of rotatable bonds is 6. The van der Waals surface area contributed by atoms with E-state index in [9.17, 15) is 14.4 Å². The van der Waals surface area contributed by atoms with E-state index in [0.29, 0.717) is 44.3 Å². The molecule has 1 N–H and O–H groups in total. The molecule has 2 unspecified atom stereocenters. The van der Waals surface area contributed by atoms with Gasteiger partial charge in [0.1, 0.15) is 11.8 Å². The molecule has 172 valence electrons. The van der Waals surface area contributed by atoms with E-state index in [-0.39, 0.29) is 18.2 Å². The van der Waals surface area contributed by atoms with Gasteiger partial charge in [-0.25, -0.2) is 0 Å². The van der Waals surface area contributed by atoms with Crippen molar-refractivity contribution in [2.24, 2.45) is 5.92 Å². The molecule has 2 aromatic rings. The van der Waals surface area contributed by atoms with E-state index in [1.165, 1.54) is 5.56 Å². The van der Waals surface area contributed by atoms with E-state index in [1.807, 2.05) is 30.3 Å². The van der Waals surface area contributed by atoms with Crippen molar-refractivity contribution in [2.75, 3.05) is 13.2 Å². The topological polar surface area (TPSA) is 84.9 Å². The van der Waals surface area contributed by atoms with E-state index < -0.39 is 11.9 Å². The van der Waals surface area contributed by atoms with Gasteiger partial charge < -0.3 is 14.4 Å². The van der Waals surface area contributed by atoms with Crippen molar-refractivity contribution in [1.82, 2.24) is 10.2 Å². The summed E-state index contributed by atoms with van der Waals surface area (Å²) in [5.41, 5.74) is 3.75. The van der Waals surface area contributed by atoms with Gasteiger partial charge in [-0.15, -0.1) is 0 Å². The van der Waals surface area contributed by atoms with Gasteiger partial charge in [-0.3, -0.25) is 19.7 Å². The van der Waals surface area contributed by atoms with Crippen LogP contribution in [0.4, 0.5) is 0 Å². The molecule has 0 aliphatic carbocycles. The van der Waals surface area contributed by atoms with Gasteiger partial charge in [0.05, 0.1) is 19.8 Å². The molecular formula is C26H28N2O5. The first-order valence-corrected chi connectivity index (χ1v) is 11.6. The largest absolute Gasteiger partial charge is 0.493 e. The zero-order valence-electron chi connectivity index (χ0n) is 18.5. The monoisotopic (exact) mass is 448 g/mol. The summed E-state index contributed by atoms with van der Waals surface area (Å²) in [4.78, 5) is 38.4. The number of hydrogen-bond acceptors (Lipinski definition) is 5. The van der Waals surface area contributed by atoms with Crippen LogP contribution in [-0.2, 0) is 33.9 Å². The maximum absolute atomic E-state index is 13.0. The lowest BCUT2D eigenvalue weighted by Crippen LogP contribution is -2.52. The smallest absolute Gasteiger partial charge is 0.255 e. The average molecular weight is 449 g/mol. The fourth-order valence-electron chi connectivity index (χ4n) is 5.00. The number of hydrogen-bond donors (Lipinski definition) is 1. The predicted molar refractivity (Wildman–Crippen MR) is 121 cm³/mol. The van der Waals surface area contributed by atoms with Gasteiger partial charge in [-0.1, -0.05) is 36.4 Å². The Balaban J connectivity index is 1.24. The Labute approximate surface area is 193 Å². The van der Waals surface area contributed by atoms with Gasteiger partial charge in [0.15, 0.2) is 0 Å². The molecule has 0 radical (unpaired) electrons. The summed E-state index contributed by atoms with van der Waals surface area (Å²) >= 11 is 0. The Morgan fingerprint density at radius 3 is 2.73 bits per heavy atom. The second-order valence-electron chi connectivity index (χ2n) is 9.01. The van der Waals surface area contributed by atoms with Gasteiger partial charge in [-0.05, 0) is 48.8 Å². The minimum atomic E-state index is -0.612. The van der Waals surface area contributed by atoms with Crippen LogP contribution in [0, 0.1) is 5.92 Å². The molecule has 5 rings (SSSR count). The summed E-state index contributed by atoms with van der Waals surface area (Å²) in [6.07, 6.45) is 3.37. The van der Waals surface area contributed by atoms with E-state index in [0.717, 1.165) is 36.1 Å². The molecule has 1 fully saturated rings. The fourth-order valence-corrected chi connectivity index (χ4v) is 5.00. The number of piperidine rings is 1. The molecule has 3 amide bonds. The molecule has 33 heavy (non-hydrogen) atoms. The number of ether oxygens (including phenoxy) is 2. The molecule has 0 spiro atoms. The number of nitrogens with zero attached hydrogens (tertiary/aromatic N) is 1.